The third kappa shape index (κ3) is 3.83. The normalized spacial score (nSPS) is 14.7. The zero-order valence-corrected chi connectivity index (χ0v) is 16.0. The molecule has 2 aromatic rings. The minimum absolute atomic E-state index is 0.170. The number of carbonyl (C=O) groups excluding carboxylic acids is 3. The quantitative estimate of drug-likeness (QED) is 0.804. The van der Waals surface area contributed by atoms with Crippen molar-refractivity contribution < 1.29 is 23.9 Å². The van der Waals surface area contributed by atoms with Gasteiger partial charge in [-0.05, 0) is 43.7 Å². The highest BCUT2D eigenvalue weighted by atomic mass is 16.5. The second kappa shape index (κ2) is 7.72. The highest BCUT2D eigenvalue weighted by Crippen LogP contribution is 2.36. The van der Waals surface area contributed by atoms with Crippen LogP contribution in [0.5, 0.6) is 5.75 Å². The Kier molecular flexibility index (Phi) is 5.35. The molecule has 7 heteroatoms. The molecule has 0 saturated heterocycles. The molecular formula is C21H22N2O5. The number of methoxy groups -OCH3 is 1. The van der Waals surface area contributed by atoms with Gasteiger partial charge in [0.2, 0.25) is 5.91 Å². The first kappa shape index (κ1) is 19.4. The largest absolute Gasteiger partial charge is 0.484 e. The van der Waals surface area contributed by atoms with Gasteiger partial charge in [0, 0.05) is 0 Å². The summed E-state index contributed by atoms with van der Waals surface area (Å²) < 4.78 is 10.2. The molecule has 0 atom stereocenters. The van der Waals surface area contributed by atoms with Crippen LogP contribution < -0.4 is 15.0 Å². The minimum Gasteiger partial charge on any atom is -0.484 e. The van der Waals surface area contributed by atoms with Crippen LogP contribution in [0.15, 0.2) is 48.5 Å². The van der Waals surface area contributed by atoms with Crippen molar-refractivity contribution in [3.63, 3.8) is 0 Å². The standard InChI is InChI=1S/C21H22N2O5/c1-21(2)20(26)22-16-6-4-5-7-17(16)23(21)18(24)13-28-15-10-8-14(9-11-15)12-19(25)27-3/h4-11H,12-13H2,1-3H3,(H,22,26). The van der Waals surface area contributed by atoms with Crippen LogP contribution in [0.25, 0.3) is 0 Å². The predicted octanol–water partition coefficient (Wildman–Crippen LogP) is 2.54. The van der Waals surface area contributed by atoms with Crippen LogP contribution >= 0.6 is 0 Å². The van der Waals surface area contributed by atoms with E-state index in [4.69, 9.17) is 4.74 Å². The molecular weight excluding hydrogens is 360 g/mol. The number of fused-ring (bicyclic) bond motifs is 1. The molecule has 7 nitrogen and oxygen atoms in total. The number of hydrogen-bond donors (Lipinski definition) is 1. The van der Waals surface area contributed by atoms with Gasteiger partial charge in [-0.2, -0.15) is 0 Å². The van der Waals surface area contributed by atoms with E-state index >= 15 is 0 Å². The first-order valence-electron chi connectivity index (χ1n) is 8.85. The van der Waals surface area contributed by atoms with Crippen molar-refractivity contribution in [1.29, 1.82) is 0 Å². The van der Waals surface area contributed by atoms with Gasteiger partial charge in [0.25, 0.3) is 5.91 Å². The second-order valence-corrected chi connectivity index (χ2v) is 6.94. The van der Waals surface area contributed by atoms with Gasteiger partial charge < -0.3 is 14.8 Å². The van der Waals surface area contributed by atoms with Gasteiger partial charge in [0.1, 0.15) is 11.3 Å². The van der Waals surface area contributed by atoms with Crippen LogP contribution in [0.1, 0.15) is 19.4 Å². The Morgan fingerprint density at radius 3 is 2.43 bits per heavy atom. The van der Waals surface area contributed by atoms with E-state index in [9.17, 15) is 14.4 Å². The van der Waals surface area contributed by atoms with E-state index in [0.717, 1.165) is 5.56 Å². The molecule has 28 heavy (non-hydrogen) atoms. The molecule has 0 aromatic heterocycles. The van der Waals surface area contributed by atoms with Gasteiger partial charge >= 0.3 is 5.97 Å². The number of hydrogen-bond acceptors (Lipinski definition) is 5. The number of anilines is 2. The van der Waals surface area contributed by atoms with Crippen molar-refractivity contribution in [3.8, 4) is 5.75 Å². The fraction of sp³-hybridized carbons (Fsp3) is 0.286. The molecule has 1 N–H and O–H groups in total. The van der Waals surface area contributed by atoms with Crippen LogP contribution in [-0.2, 0) is 25.5 Å². The lowest BCUT2D eigenvalue weighted by Gasteiger charge is -2.41. The van der Waals surface area contributed by atoms with Gasteiger partial charge in [-0.3, -0.25) is 19.3 Å². The van der Waals surface area contributed by atoms with E-state index in [-0.39, 0.29) is 30.8 Å². The summed E-state index contributed by atoms with van der Waals surface area (Å²) >= 11 is 0. The average molecular weight is 382 g/mol. The van der Waals surface area contributed by atoms with Crippen molar-refractivity contribution in [3.05, 3.63) is 54.1 Å². The van der Waals surface area contributed by atoms with Gasteiger partial charge in [-0.15, -0.1) is 0 Å². The molecule has 1 heterocycles. The van der Waals surface area contributed by atoms with E-state index in [1.165, 1.54) is 12.0 Å². The average Bonchev–Trinajstić information content (AvgIpc) is 2.68. The Labute approximate surface area is 163 Å². The minimum atomic E-state index is -1.04. The number of rotatable bonds is 5. The van der Waals surface area contributed by atoms with Gasteiger partial charge in [-0.1, -0.05) is 24.3 Å². The zero-order valence-electron chi connectivity index (χ0n) is 16.0. The van der Waals surface area contributed by atoms with Crippen molar-refractivity contribution >= 4 is 29.2 Å². The van der Waals surface area contributed by atoms with Gasteiger partial charge in [0.15, 0.2) is 6.61 Å². The molecule has 146 valence electrons. The third-order valence-electron chi connectivity index (χ3n) is 4.62. The fourth-order valence-corrected chi connectivity index (χ4v) is 3.05. The maximum atomic E-state index is 12.9. The highest BCUT2D eigenvalue weighted by Gasteiger charge is 2.43. The van der Waals surface area contributed by atoms with E-state index < -0.39 is 5.54 Å². The number of ether oxygens (including phenoxy) is 2. The first-order valence-corrected chi connectivity index (χ1v) is 8.85. The molecule has 0 fully saturated rings. The van der Waals surface area contributed by atoms with E-state index in [2.05, 4.69) is 10.1 Å². The van der Waals surface area contributed by atoms with E-state index in [1.54, 1.807) is 56.3 Å². The Bertz CT molecular complexity index is 905. The zero-order chi connectivity index (χ0) is 20.3. The molecule has 1 aliphatic heterocycles. The topological polar surface area (TPSA) is 84.9 Å². The lowest BCUT2D eigenvalue weighted by molar-refractivity contribution is -0.139. The first-order chi connectivity index (χ1) is 13.3. The van der Waals surface area contributed by atoms with E-state index in [1.807, 2.05) is 6.07 Å². The molecule has 2 amide bonds. The summed E-state index contributed by atoms with van der Waals surface area (Å²) in [4.78, 5) is 38.1. The highest BCUT2D eigenvalue weighted by molar-refractivity contribution is 6.14. The van der Waals surface area contributed by atoms with Crippen molar-refractivity contribution in [2.45, 2.75) is 25.8 Å². The van der Waals surface area contributed by atoms with Gasteiger partial charge in [-0.25, -0.2) is 0 Å². The Morgan fingerprint density at radius 2 is 1.75 bits per heavy atom. The summed E-state index contributed by atoms with van der Waals surface area (Å²) in [5, 5.41) is 2.82. The molecule has 0 radical (unpaired) electrons. The predicted molar refractivity (Wildman–Crippen MR) is 104 cm³/mol. The lowest BCUT2D eigenvalue weighted by Crippen LogP contribution is -2.59. The summed E-state index contributed by atoms with van der Waals surface area (Å²) in [6.45, 7) is 3.16. The Hall–Kier alpha value is -3.35. The SMILES string of the molecule is COC(=O)Cc1ccc(OCC(=O)N2c3ccccc3NC(=O)C2(C)C)cc1. The summed E-state index contributed by atoms with van der Waals surface area (Å²) in [6.07, 6.45) is 0.170. The smallest absolute Gasteiger partial charge is 0.309 e. The Balaban J connectivity index is 1.72. The molecule has 0 unspecified atom stereocenters. The second-order valence-electron chi connectivity index (χ2n) is 6.94. The summed E-state index contributed by atoms with van der Waals surface area (Å²) in [5.41, 5.74) is 0.967. The number of para-hydroxylation sites is 2. The van der Waals surface area contributed by atoms with Crippen LogP contribution in [-0.4, -0.2) is 37.0 Å². The van der Waals surface area contributed by atoms with Crippen LogP contribution in [0, 0.1) is 0 Å². The monoisotopic (exact) mass is 382 g/mol. The number of benzene rings is 2. The number of nitrogens with one attached hydrogen (secondary N) is 1. The molecule has 0 bridgehead atoms. The maximum Gasteiger partial charge on any atom is 0.309 e. The maximum absolute atomic E-state index is 12.9. The summed E-state index contributed by atoms with van der Waals surface area (Å²) in [6, 6.07) is 14.0. The van der Waals surface area contributed by atoms with Crippen LogP contribution in [0.3, 0.4) is 0 Å². The summed E-state index contributed by atoms with van der Waals surface area (Å²) in [5.74, 6) is -0.416. The molecule has 0 spiro atoms. The number of nitrogens with zero attached hydrogens (tertiary/aromatic N) is 1. The van der Waals surface area contributed by atoms with Gasteiger partial charge in [0.05, 0.1) is 24.9 Å². The molecule has 0 aliphatic carbocycles. The molecule has 0 saturated carbocycles. The number of carbonyl (C=O) groups is 3. The van der Waals surface area contributed by atoms with Crippen LogP contribution in [0.4, 0.5) is 11.4 Å². The Morgan fingerprint density at radius 1 is 1.07 bits per heavy atom. The molecule has 3 rings (SSSR count). The number of amides is 2. The van der Waals surface area contributed by atoms with Crippen LogP contribution in [0.2, 0.25) is 0 Å². The fourth-order valence-electron chi connectivity index (χ4n) is 3.05. The van der Waals surface area contributed by atoms with Crippen molar-refractivity contribution in [1.82, 2.24) is 0 Å². The lowest BCUT2D eigenvalue weighted by atomic mass is 9.96. The molecule has 2 aromatic carbocycles. The third-order valence-corrected chi connectivity index (χ3v) is 4.62. The van der Waals surface area contributed by atoms with Crippen molar-refractivity contribution in [2.24, 2.45) is 0 Å². The summed E-state index contributed by atoms with van der Waals surface area (Å²) in [7, 11) is 1.34. The number of esters is 1. The van der Waals surface area contributed by atoms with E-state index in [0.29, 0.717) is 17.1 Å². The molecule has 1 aliphatic rings. The van der Waals surface area contributed by atoms with Crippen molar-refractivity contribution in [2.75, 3.05) is 23.9 Å².